The number of benzene rings is 1. The fourth-order valence-corrected chi connectivity index (χ4v) is 2.44. The molecular formula is C13H18ClNO. The van der Waals surface area contributed by atoms with Crippen molar-refractivity contribution in [1.29, 1.82) is 0 Å². The molecule has 0 aliphatic heterocycles. The topological polar surface area (TPSA) is 35.2 Å². The van der Waals surface area contributed by atoms with Crippen LogP contribution in [0.2, 0.25) is 5.02 Å². The maximum absolute atomic E-state index is 6.07. The Labute approximate surface area is 102 Å². The third-order valence-electron chi connectivity index (χ3n) is 3.14. The third-order valence-corrected chi connectivity index (χ3v) is 3.45. The van der Waals surface area contributed by atoms with Crippen molar-refractivity contribution in [3.05, 3.63) is 23.2 Å². The molecule has 0 spiro atoms. The Hall–Kier alpha value is -0.890. The van der Waals surface area contributed by atoms with Gasteiger partial charge in [-0.1, -0.05) is 24.9 Å². The van der Waals surface area contributed by atoms with Crippen molar-refractivity contribution < 1.29 is 4.74 Å². The van der Waals surface area contributed by atoms with E-state index in [4.69, 9.17) is 22.1 Å². The number of halogens is 1. The van der Waals surface area contributed by atoms with Gasteiger partial charge < -0.3 is 10.5 Å². The predicted molar refractivity (Wildman–Crippen MR) is 67.9 cm³/mol. The smallest absolute Gasteiger partial charge is 0.140 e. The highest BCUT2D eigenvalue weighted by Gasteiger charge is 2.20. The summed E-state index contributed by atoms with van der Waals surface area (Å²) < 4.78 is 5.93. The first-order chi connectivity index (χ1) is 7.65. The highest BCUT2D eigenvalue weighted by molar-refractivity contribution is 6.32. The second-order valence-electron chi connectivity index (χ2n) is 4.70. The molecular weight excluding hydrogens is 222 g/mol. The van der Waals surface area contributed by atoms with E-state index in [1.807, 2.05) is 6.07 Å². The fourth-order valence-electron chi connectivity index (χ4n) is 2.28. The Bertz CT molecular complexity index is 367. The van der Waals surface area contributed by atoms with Gasteiger partial charge in [0.15, 0.2) is 0 Å². The molecule has 2 nitrogen and oxygen atoms in total. The molecule has 2 atom stereocenters. The number of hydrogen-bond acceptors (Lipinski definition) is 2. The van der Waals surface area contributed by atoms with Gasteiger partial charge in [0.25, 0.3) is 0 Å². The van der Waals surface area contributed by atoms with Crippen LogP contribution in [0.4, 0.5) is 5.69 Å². The summed E-state index contributed by atoms with van der Waals surface area (Å²) in [4.78, 5) is 0. The maximum Gasteiger partial charge on any atom is 0.140 e. The van der Waals surface area contributed by atoms with E-state index in [-0.39, 0.29) is 0 Å². The van der Waals surface area contributed by atoms with Gasteiger partial charge >= 0.3 is 0 Å². The lowest BCUT2D eigenvalue weighted by atomic mass is 9.89. The van der Waals surface area contributed by atoms with E-state index in [1.54, 1.807) is 12.1 Å². The zero-order valence-electron chi connectivity index (χ0n) is 9.58. The van der Waals surface area contributed by atoms with Crippen molar-refractivity contribution in [3.8, 4) is 5.75 Å². The Morgan fingerprint density at radius 1 is 1.38 bits per heavy atom. The van der Waals surface area contributed by atoms with Gasteiger partial charge in [0.1, 0.15) is 5.75 Å². The summed E-state index contributed by atoms with van der Waals surface area (Å²) in [7, 11) is 0. The van der Waals surface area contributed by atoms with Crippen LogP contribution in [-0.2, 0) is 0 Å². The van der Waals surface area contributed by atoms with E-state index in [9.17, 15) is 0 Å². The first-order valence-corrected chi connectivity index (χ1v) is 6.24. The Kier molecular flexibility index (Phi) is 3.59. The molecule has 2 unspecified atom stereocenters. The molecule has 16 heavy (non-hydrogen) atoms. The molecule has 1 aromatic carbocycles. The molecule has 88 valence electrons. The average molecular weight is 240 g/mol. The molecule has 0 bridgehead atoms. The largest absolute Gasteiger partial charge is 0.489 e. The normalized spacial score (nSPS) is 25.4. The van der Waals surface area contributed by atoms with Gasteiger partial charge in [-0.05, 0) is 37.3 Å². The Morgan fingerprint density at radius 2 is 2.19 bits per heavy atom. The van der Waals surface area contributed by atoms with Crippen molar-refractivity contribution >= 4 is 17.3 Å². The van der Waals surface area contributed by atoms with Gasteiger partial charge in [-0.3, -0.25) is 0 Å². The molecule has 2 rings (SSSR count). The van der Waals surface area contributed by atoms with Gasteiger partial charge in [-0.2, -0.15) is 0 Å². The fraction of sp³-hybridized carbons (Fsp3) is 0.538. The molecule has 0 amide bonds. The van der Waals surface area contributed by atoms with Crippen molar-refractivity contribution in [2.45, 2.75) is 38.7 Å². The molecule has 0 saturated heterocycles. The number of nitrogens with two attached hydrogens (primary N) is 1. The second-order valence-corrected chi connectivity index (χ2v) is 5.11. The van der Waals surface area contributed by atoms with Gasteiger partial charge in [0, 0.05) is 11.8 Å². The summed E-state index contributed by atoms with van der Waals surface area (Å²) in [6.45, 7) is 2.27. The predicted octanol–water partition coefficient (Wildman–Crippen LogP) is 3.88. The summed E-state index contributed by atoms with van der Waals surface area (Å²) in [5.74, 6) is 1.47. The first-order valence-electron chi connectivity index (χ1n) is 5.87. The highest BCUT2D eigenvalue weighted by atomic mass is 35.5. The van der Waals surface area contributed by atoms with Gasteiger partial charge in [-0.25, -0.2) is 0 Å². The summed E-state index contributed by atoms with van der Waals surface area (Å²) >= 11 is 6.07. The van der Waals surface area contributed by atoms with E-state index < -0.39 is 0 Å². The molecule has 1 aliphatic carbocycles. The van der Waals surface area contributed by atoms with E-state index in [0.717, 1.165) is 24.5 Å². The SMILES string of the molecule is CC1CCCC(Oc2cc(N)ccc2Cl)C1. The van der Waals surface area contributed by atoms with E-state index in [1.165, 1.54) is 12.8 Å². The van der Waals surface area contributed by atoms with E-state index in [2.05, 4.69) is 6.92 Å². The maximum atomic E-state index is 6.07. The van der Waals surface area contributed by atoms with Crippen LogP contribution in [-0.4, -0.2) is 6.10 Å². The van der Waals surface area contributed by atoms with Crippen LogP contribution in [0.3, 0.4) is 0 Å². The molecule has 2 N–H and O–H groups in total. The highest BCUT2D eigenvalue weighted by Crippen LogP contribution is 2.32. The van der Waals surface area contributed by atoms with Crippen LogP contribution < -0.4 is 10.5 Å². The molecule has 1 saturated carbocycles. The van der Waals surface area contributed by atoms with Crippen LogP contribution in [0, 0.1) is 5.92 Å². The van der Waals surface area contributed by atoms with Crippen molar-refractivity contribution in [2.24, 2.45) is 5.92 Å². The summed E-state index contributed by atoms with van der Waals surface area (Å²) in [6.07, 6.45) is 5.08. The number of rotatable bonds is 2. The molecule has 1 fully saturated rings. The summed E-state index contributed by atoms with van der Waals surface area (Å²) in [5.41, 5.74) is 6.42. The monoisotopic (exact) mass is 239 g/mol. The van der Waals surface area contributed by atoms with Crippen LogP contribution in [0.15, 0.2) is 18.2 Å². The first kappa shape index (κ1) is 11.6. The van der Waals surface area contributed by atoms with Crippen molar-refractivity contribution in [3.63, 3.8) is 0 Å². The Morgan fingerprint density at radius 3 is 2.94 bits per heavy atom. The zero-order chi connectivity index (χ0) is 11.5. The van der Waals surface area contributed by atoms with Gasteiger partial charge in [-0.15, -0.1) is 0 Å². The lowest BCUT2D eigenvalue weighted by molar-refractivity contribution is 0.129. The van der Waals surface area contributed by atoms with Crippen LogP contribution in [0.25, 0.3) is 0 Å². The molecule has 1 aliphatic rings. The Balaban J connectivity index is 2.05. The summed E-state index contributed by atoms with van der Waals surface area (Å²) in [6, 6.07) is 5.39. The van der Waals surface area contributed by atoms with Gasteiger partial charge in [0.2, 0.25) is 0 Å². The third kappa shape index (κ3) is 2.82. The van der Waals surface area contributed by atoms with Crippen molar-refractivity contribution in [1.82, 2.24) is 0 Å². The molecule has 1 aromatic rings. The average Bonchev–Trinajstić information content (AvgIpc) is 2.24. The standard InChI is InChI=1S/C13H18ClNO/c1-9-3-2-4-11(7-9)16-13-8-10(15)5-6-12(13)14/h5-6,8-9,11H,2-4,7,15H2,1H3. The number of nitrogen functional groups attached to an aromatic ring is 1. The number of ether oxygens (including phenoxy) is 1. The minimum Gasteiger partial charge on any atom is -0.489 e. The minimum absolute atomic E-state index is 0.294. The molecule has 0 heterocycles. The minimum atomic E-state index is 0.294. The van der Waals surface area contributed by atoms with E-state index >= 15 is 0 Å². The van der Waals surface area contributed by atoms with Crippen LogP contribution in [0.1, 0.15) is 32.6 Å². The molecule has 0 radical (unpaired) electrons. The van der Waals surface area contributed by atoms with E-state index in [0.29, 0.717) is 16.8 Å². The molecule has 0 aromatic heterocycles. The zero-order valence-corrected chi connectivity index (χ0v) is 10.3. The van der Waals surface area contributed by atoms with Crippen molar-refractivity contribution in [2.75, 3.05) is 5.73 Å². The second kappa shape index (κ2) is 4.96. The molecule has 3 heteroatoms. The van der Waals surface area contributed by atoms with Crippen LogP contribution >= 0.6 is 11.6 Å². The summed E-state index contributed by atoms with van der Waals surface area (Å²) in [5, 5.41) is 0.646. The van der Waals surface area contributed by atoms with Crippen LogP contribution in [0.5, 0.6) is 5.75 Å². The number of anilines is 1. The lowest BCUT2D eigenvalue weighted by Crippen LogP contribution is -2.24. The quantitative estimate of drug-likeness (QED) is 0.795. The lowest BCUT2D eigenvalue weighted by Gasteiger charge is -2.27. The number of hydrogen-bond donors (Lipinski definition) is 1. The van der Waals surface area contributed by atoms with Gasteiger partial charge in [0.05, 0.1) is 11.1 Å².